The van der Waals surface area contributed by atoms with Crippen molar-refractivity contribution >= 4 is 74.1 Å². The topological polar surface area (TPSA) is 12.9 Å². The van der Waals surface area contributed by atoms with Gasteiger partial charge in [-0.2, -0.15) is 0 Å². The highest BCUT2D eigenvalue weighted by atomic mass is 32.1. The summed E-state index contributed by atoms with van der Waals surface area (Å²) in [6.07, 6.45) is 0. The average Bonchev–Trinajstić information content (AvgIpc) is 3.49. The lowest BCUT2D eigenvalue weighted by atomic mass is 9.98. The fourth-order valence-electron chi connectivity index (χ4n) is 5.29. The fraction of sp³-hybridized carbons (Fsp3) is 0. The first-order valence-electron chi connectivity index (χ1n) is 12.0. The normalized spacial score (nSPS) is 11.9. The third kappa shape index (κ3) is 3.03. The standard InChI is InChI=1S/C33H19NS2/c1-3-10-29-25(6-1)26-9-5-8-24(33(26)36-29)21-14-12-20(13-15-21)22-16-17-28-23(18-22)19-31-32(34-28)27-7-2-4-11-30(27)35-31/h1-19H. The van der Waals surface area contributed by atoms with Crippen molar-refractivity contribution in [3.8, 4) is 22.3 Å². The molecule has 0 aliphatic heterocycles. The summed E-state index contributed by atoms with van der Waals surface area (Å²) < 4.78 is 5.23. The maximum Gasteiger partial charge on any atom is 0.0896 e. The van der Waals surface area contributed by atoms with E-state index in [4.69, 9.17) is 4.98 Å². The van der Waals surface area contributed by atoms with Gasteiger partial charge in [-0.3, -0.25) is 0 Å². The molecule has 0 radical (unpaired) electrons. The number of nitrogens with zero attached hydrogens (tertiary/aromatic N) is 1. The van der Waals surface area contributed by atoms with Crippen molar-refractivity contribution in [3.63, 3.8) is 0 Å². The molecule has 0 N–H and O–H groups in total. The molecule has 3 aromatic heterocycles. The van der Waals surface area contributed by atoms with Gasteiger partial charge in [-0.15, -0.1) is 22.7 Å². The van der Waals surface area contributed by atoms with E-state index in [1.54, 1.807) is 0 Å². The first-order chi connectivity index (χ1) is 17.8. The van der Waals surface area contributed by atoms with Crippen LogP contribution in [0.3, 0.4) is 0 Å². The quantitative estimate of drug-likeness (QED) is 0.233. The van der Waals surface area contributed by atoms with Crippen molar-refractivity contribution in [2.45, 2.75) is 0 Å². The molecule has 0 aliphatic carbocycles. The lowest BCUT2D eigenvalue weighted by molar-refractivity contribution is 1.52. The third-order valence-electron chi connectivity index (χ3n) is 7.08. The lowest BCUT2D eigenvalue weighted by Gasteiger charge is -2.08. The highest BCUT2D eigenvalue weighted by Gasteiger charge is 2.11. The molecule has 0 aliphatic rings. The number of fused-ring (bicyclic) bond motifs is 7. The first-order valence-corrected chi connectivity index (χ1v) is 13.7. The van der Waals surface area contributed by atoms with Gasteiger partial charge in [0.05, 0.1) is 15.7 Å². The summed E-state index contributed by atoms with van der Waals surface area (Å²) in [5, 5.41) is 5.11. The molecule has 36 heavy (non-hydrogen) atoms. The van der Waals surface area contributed by atoms with Crippen LogP contribution in [-0.2, 0) is 0 Å². The number of benzene rings is 5. The molecular formula is C33H19NS2. The Morgan fingerprint density at radius 1 is 0.472 bits per heavy atom. The van der Waals surface area contributed by atoms with E-state index in [0.29, 0.717) is 0 Å². The van der Waals surface area contributed by atoms with Gasteiger partial charge >= 0.3 is 0 Å². The van der Waals surface area contributed by atoms with Gasteiger partial charge in [0.1, 0.15) is 0 Å². The molecule has 0 spiro atoms. The summed E-state index contributed by atoms with van der Waals surface area (Å²) >= 11 is 3.70. The van der Waals surface area contributed by atoms with Crippen LogP contribution in [-0.4, -0.2) is 4.98 Å². The molecule has 0 bridgehead atoms. The van der Waals surface area contributed by atoms with E-state index in [-0.39, 0.29) is 0 Å². The Balaban J connectivity index is 1.21. The molecule has 5 aromatic carbocycles. The van der Waals surface area contributed by atoms with Gasteiger partial charge in [0.25, 0.3) is 0 Å². The van der Waals surface area contributed by atoms with Crippen LogP contribution >= 0.6 is 22.7 Å². The Morgan fingerprint density at radius 2 is 1.17 bits per heavy atom. The second-order valence-corrected chi connectivity index (χ2v) is 11.3. The van der Waals surface area contributed by atoms with Crippen molar-refractivity contribution in [3.05, 3.63) is 115 Å². The van der Waals surface area contributed by atoms with Crippen molar-refractivity contribution in [1.29, 1.82) is 0 Å². The number of aromatic nitrogens is 1. The molecule has 3 heterocycles. The van der Waals surface area contributed by atoms with E-state index in [1.807, 2.05) is 22.7 Å². The summed E-state index contributed by atoms with van der Waals surface area (Å²) in [7, 11) is 0. The summed E-state index contributed by atoms with van der Waals surface area (Å²) in [5.41, 5.74) is 7.15. The summed E-state index contributed by atoms with van der Waals surface area (Å²) in [5.74, 6) is 0. The zero-order chi connectivity index (χ0) is 23.6. The molecule has 0 fully saturated rings. The van der Waals surface area contributed by atoms with Crippen LogP contribution < -0.4 is 0 Å². The molecule has 168 valence electrons. The van der Waals surface area contributed by atoms with Crippen LogP contribution in [0, 0.1) is 0 Å². The van der Waals surface area contributed by atoms with Crippen molar-refractivity contribution in [2.75, 3.05) is 0 Å². The van der Waals surface area contributed by atoms with Crippen LogP contribution in [0.4, 0.5) is 0 Å². The largest absolute Gasteiger partial charge is 0.246 e. The lowest BCUT2D eigenvalue weighted by Crippen LogP contribution is -1.84. The molecule has 8 aromatic rings. The van der Waals surface area contributed by atoms with Gasteiger partial charge in [-0.05, 0) is 52.6 Å². The Morgan fingerprint density at radius 3 is 2.03 bits per heavy atom. The predicted molar refractivity (Wildman–Crippen MR) is 158 cm³/mol. The molecular weight excluding hydrogens is 475 g/mol. The molecule has 1 nitrogen and oxygen atoms in total. The predicted octanol–water partition coefficient (Wildman–Crippen LogP) is 10.3. The van der Waals surface area contributed by atoms with E-state index in [2.05, 4.69) is 115 Å². The zero-order valence-corrected chi connectivity index (χ0v) is 20.9. The molecule has 0 atom stereocenters. The van der Waals surface area contributed by atoms with Crippen molar-refractivity contribution < 1.29 is 0 Å². The molecule has 3 heteroatoms. The van der Waals surface area contributed by atoms with E-state index < -0.39 is 0 Å². The second-order valence-electron chi connectivity index (χ2n) is 9.20. The molecule has 0 saturated heterocycles. The Bertz CT molecular complexity index is 2100. The SMILES string of the molecule is c1ccc2c(c1)sc1c(-c3ccc(-c4ccc5nc6c(cc5c4)sc4ccccc46)cc3)cccc12. The number of pyridine rings is 1. The van der Waals surface area contributed by atoms with Gasteiger partial charge in [0.15, 0.2) is 0 Å². The first kappa shape index (κ1) is 20.2. The van der Waals surface area contributed by atoms with E-state index >= 15 is 0 Å². The van der Waals surface area contributed by atoms with Gasteiger partial charge in [0.2, 0.25) is 0 Å². The summed E-state index contributed by atoms with van der Waals surface area (Å²) in [4.78, 5) is 5.01. The minimum Gasteiger partial charge on any atom is -0.246 e. The Kier molecular flexibility index (Phi) is 4.33. The second kappa shape index (κ2) is 7.72. The maximum atomic E-state index is 5.01. The molecule has 0 saturated carbocycles. The van der Waals surface area contributed by atoms with Gasteiger partial charge < -0.3 is 0 Å². The van der Waals surface area contributed by atoms with E-state index in [9.17, 15) is 0 Å². The van der Waals surface area contributed by atoms with Crippen LogP contribution in [0.15, 0.2) is 115 Å². The smallest absolute Gasteiger partial charge is 0.0896 e. The molecule has 8 rings (SSSR count). The Labute approximate surface area is 215 Å². The van der Waals surface area contributed by atoms with Crippen LogP contribution in [0.25, 0.3) is 73.6 Å². The van der Waals surface area contributed by atoms with Gasteiger partial charge in [0, 0.05) is 35.6 Å². The zero-order valence-electron chi connectivity index (χ0n) is 19.2. The molecule has 0 amide bonds. The van der Waals surface area contributed by atoms with Gasteiger partial charge in [-0.25, -0.2) is 4.98 Å². The van der Waals surface area contributed by atoms with Crippen LogP contribution in [0.2, 0.25) is 0 Å². The summed E-state index contributed by atoms with van der Waals surface area (Å²) in [6, 6.07) is 41.8. The highest BCUT2D eigenvalue weighted by molar-refractivity contribution is 7.26. The van der Waals surface area contributed by atoms with Crippen LogP contribution in [0.1, 0.15) is 0 Å². The maximum absolute atomic E-state index is 5.01. The summed E-state index contributed by atoms with van der Waals surface area (Å²) in [6.45, 7) is 0. The van der Waals surface area contributed by atoms with Crippen molar-refractivity contribution in [1.82, 2.24) is 4.98 Å². The molecule has 0 unspecified atom stereocenters. The van der Waals surface area contributed by atoms with E-state index in [1.165, 1.54) is 62.6 Å². The minimum absolute atomic E-state index is 1.04. The average molecular weight is 494 g/mol. The fourth-order valence-corrected chi connectivity index (χ4v) is 7.63. The Hall–Kier alpha value is -4.05. The minimum atomic E-state index is 1.04. The monoisotopic (exact) mass is 493 g/mol. The van der Waals surface area contributed by atoms with E-state index in [0.717, 1.165) is 11.0 Å². The number of hydrogen-bond acceptors (Lipinski definition) is 3. The highest BCUT2D eigenvalue weighted by Crippen LogP contribution is 2.40. The number of rotatable bonds is 2. The number of thiophene rings is 2. The van der Waals surface area contributed by atoms with Crippen LogP contribution in [0.5, 0.6) is 0 Å². The van der Waals surface area contributed by atoms with Crippen molar-refractivity contribution in [2.24, 2.45) is 0 Å². The number of hydrogen-bond donors (Lipinski definition) is 0. The third-order valence-corrected chi connectivity index (χ3v) is 9.40. The van der Waals surface area contributed by atoms with Gasteiger partial charge in [-0.1, -0.05) is 84.9 Å².